The summed E-state index contributed by atoms with van der Waals surface area (Å²) in [6.07, 6.45) is 5.81. The summed E-state index contributed by atoms with van der Waals surface area (Å²) >= 11 is 0. The summed E-state index contributed by atoms with van der Waals surface area (Å²) in [6, 6.07) is 9.02. The largest absolute Gasteiger partial charge is 0.450 e. The molecule has 1 aliphatic heterocycles. The van der Waals surface area contributed by atoms with Crippen LogP contribution in [0.4, 0.5) is 4.79 Å². The van der Waals surface area contributed by atoms with E-state index in [1.165, 1.54) is 6.42 Å². The maximum Gasteiger partial charge on any atom is 0.409 e. The van der Waals surface area contributed by atoms with Gasteiger partial charge in [-0.25, -0.2) is 10.2 Å². The van der Waals surface area contributed by atoms with E-state index in [9.17, 15) is 14.4 Å². The predicted molar refractivity (Wildman–Crippen MR) is 113 cm³/mol. The summed E-state index contributed by atoms with van der Waals surface area (Å²) in [5.74, 6) is -0.417. The standard InChI is InChI=1S/C22H32N4O4/c1-2-30-21(29)26-15-13-22(14-16-26,20(28)23-18-11-7-4-8-12-18)25-24-19(27)17-9-5-3-6-10-17/h3,5-6,9-10,18,25H,2,4,7-8,11-16H2,1H3,(H,23,28)(H,24,27). The lowest BCUT2D eigenvalue weighted by Gasteiger charge is -2.41. The fraction of sp³-hybridized carbons (Fsp3) is 0.591. The molecule has 3 amide bonds. The lowest BCUT2D eigenvalue weighted by molar-refractivity contribution is -0.131. The molecule has 1 aliphatic carbocycles. The minimum atomic E-state index is -0.967. The van der Waals surface area contributed by atoms with Gasteiger partial charge in [-0.3, -0.25) is 15.0 Å². The fourth-order valence-corrected chi connectivity index (χ4v) is 4.10. The second-order valence-corrected chi connectivity index (χ2v) is 8.02. The first-order chi connectivity index (χ1) is 14.5. The third kappa shape index (κ3) is 5.50. The van der Waals surface area contributed by atoms with E-state index in [1.54, 1.807) is 36.1 Å². The quantitative estimate of drug-likeness (QED) is 0.618. The lowest BCUT2D eigenvalue weighted by atomic mass is 9.86. The molecule has 0 atom stereocenters. The van der Waals surface area contributed by atoms with Crippen LogP contribution in [0.25, 0.3) is 0 Å². The number of hydrazine groups is 1. The molecule has 1 aromatic rings. The molecular weight excluding hydrogens is 384 g/mol. The topological polar surface area (TPSA) is 99.8 Å². The summed E-state index contributed by atoms with van der Waals surface area (Å²) < 4.78 is 5.08. The highest BCUT2D eigenvalue weighted by atomic mass is 16.6. The summed E-state index contributed by atoms with van der Waals surface area (Å²) in [5.41, 5.74) is 5.28. The summed E-state index contributed by atoms with van der Waals surface area (Å²) in [5, 5.41) is 3.17. The van der Waals surface area contributed by atoms with Gasteiger partial charge in [0.25, 0.3) is 5.91 Å². The highest BCUT2D eigenvalue weighted by molar-refractivity contribution is 5.94. The number of rotatable bonds is 6. The van der Waals surface area contributed by atoms with Crippen LogP contribution < -0.4 is 16.2 Å². The molecule has 30 heavy (non-hydrogen) atoms. The third-order valence-corrected chi connectivity index (χ3v) is 5.97. The van der Waals surface area contributed by atoms with Gasteiger partial charge in [0, 0.05) is 24.7 Å². The Balaban J connectivity index is 1.67. The fourth-order valence-electron chi connectivity index (χ4n) is 4.10. The molecule has 1 saturated heterocycles. The number of nitrogens with zero attached hydrogens (tertiary/aromatic N) is 1. The first kappa shape index (κ1) is 22.1. The van der Waals surface area contributed by atoms with Crippen molar-refractivity contribution in [1.29, 1.82) is 0 Å². The monoisotopic (exact) mass is 416 g/mol. The Kier molecular flexibility index (Phi) is 7.68. The van der Waals surface area contributed by atoms with Crippen molar-refractivity contribution in [3.05, 3.63) is 35.9 Å². The van der Waals surface area contributed by atoms with Crippen molar-refractivity contribution < 1.29 is 19.1 Å². The van der Waals surface area contributed by atoms with E-state index in [0.717, 1.165) is 25.7 Å². The van der Waals surface area contributed by atoms with Gasteiger partial charge in [0.05, 0.1) is 6.61 Å². The van der Waals surface area contributed by atoms with Crippen LogP contribution in [0.2, 0.25) is 0 Å². The molecule has 2 fully saturated rings. The molecule has 0 aromatic heterocycles. The zero-order chi connectivity index (χ0) is 21.4. The van der Waals surface area contributed by atoms with Crippen LogP contribution in [0.15, 0.2) is 30.3 Å². The Morgan fingerprint density at radius 1 is 1.07 bits per heavy atom. The lowest BCUT2D eigenvalue weighted by Crippen LogP contribution is -2.67. The molecule has 8 nitrogen and oxygen atoms in total. The first-order valence-electron chi connectivity index (χ1n) is 10.9. The number of ether oxygens (including phenoxy) is 1. The van der Waals surface area contributed by atoms with Gasteiger partial charge in [-0.05, 0) is 44.7 Å². The van der Waals surface area contributed by atoms with Gasteiger partial charge in [0.15, 0.2) is 0 Å². The molecule has 164 valence electrons. The molecule has 1 heterocycles. The highest BCUT2D eigenvalue weighted by Gasteiger charge is 2.43. The number of hydrogen-bond donors (Lipinski definition) is 3. The number of nitrogens with one attached hydrogen (secondary N) is 3. The van der Waals surface area contributed by atoms with E-state index >= 15 is 0 Å². The van der Waals surface area contributed by atoms with Crippen molar-refractivity contribution in [3.63, 3.8) is 0 Å². The van der Waals surface area contributed by atoms with E-state index in [4.69, 9.17) is 4.74 Å². The normalized spacial score (nSPS) is 19.0. The maximum atomic E-state index is 13.3. The molecule has 2 aliphatic rings. The molecule has 1 saturated carbocycles. The molecule has 0 unspecified atom stereocenters. The van der Waals surface area contributed by atoms with Gasteiger partial charge in [0.2, 0.25) is 5.91 Å². The van der Waals surface area contributed by atoms with E-state index in [-0.39, 0.29) is 23.9 Å². The zero-order valence-electron chi connectivity index (χ0n) is 17.6. The first-order valence-corrected chi connectivity index (χ1v) is 10.9. The van der Waals surface area contributed by atoms with Gasteiger partial charge in [-0.15, -0.1) is 0 Å². The van der Waals surface area contributed by atoms with Crippen LogP contribution >= 0.6 is 0 Å². The van der Waals surface area contributed by atoms with Crippen molar-refractivity contribution in [3.8, 4) is 0 Å². The van der Waals surface area contributed by atoms with E-state index in [2.05, 4.69) is 16.2 Å². The van der Waals surface area contributed by atoms with E-state index in [1.807, 2.05) is 6.07 Å². The molecule has 3 N–H and O–H groups in total. The van der Waals surface area contributed by atoms with Gasteiger partial charge in [-0.2, -0.15) is 0 Å². The molecule has 0 spiro atoms. The molecule has 8 heteroatoms. The Hall–Kier alpha value is -2.61. The number of likely N-dealkylation sites (tertiary alicyclic amines) is 1. The smallest absolute Gasteiger partial charge is 0.409 e. The predicted octanol–water partition coefficient (Wildman–Crippen LogP) is 2.36. The third-order valence-electron chi connectivity index (χ3n) is 5.97. The van der Waals surface area contributed by atoms with Gasteiger partial charge < -0.3 is 15.0 Å². The number of carbonyl (C=O) groups excluding carboxylic acids is 3. The van der Waals surface area contributed by atoms with Crippen LogP contribution in [-0.2, 0) is 9.53 Å². The van der Waals surface area contributed by atoms with Gasteiger partial charge >= 0.3 is 6.09 Å². The molecule has 0 bridgehead atoms. The van der Waals surface area contributed by atoms with Crippen LogP contribution in [0.3, 0.4) is 0 Å². The van der Waals surface area contributed by atoms with Crippen molar-refractivity contribution in [2.45, 2.75) is 63.5 Å². The number of hydrogen-bond acceptors (Lipinski definition) is 5. The van der Waals surface area contributed by atoms with Crippen LogP contribution in [0.1, 0.15) is 62.2 Å². The Morgan fingerprint density at radius 3 is 2.37 bits per heavy atom. The Bertz CT molecular complexity index is 726. The Labute approximate surface area is 177 Å². The minimum Gasteiger partial charge on any atom is -0.450 e. The van der Waals surface area contributed by atoms with E-state index in [0.29, 0.717) is 38.1 Å². The van der Waals surface area contributed by atoms with Crippen molar-refractivity contribution in [2.75, 3.05) is 19.7 Å². The van der Waals surface area contributed by atoms with Gasteiger partial charge in [-0.1, -0.05) is 37.5 Å². The van der Waals surface area contributed by atoms with Crippen molar-refractivity contribution in [1.82, 2.24) is 21.1 Å². The number of benzene rings is 1. The number of piperidine rings is 1. The number of amides is 3. The Morgan fingerprint density at radius 2 is 1.73 bits per heavy atom. The average molecular weight is 417 g/mol. The van der Waals surface area contributed by atoms with Gasteiger partial charge in [0.1, 0.15) is 5.54 Å². The zero-order valence-corrected chi connectivity index (χ0v) is 17.6. The maximum absolute atomic E-state index is 13.3. The minimum absolute atomic E-state index is 0.119. The molecule has 0 radical (unpaired) electrons. The second-order valence-electron chi connectivity index (χ2n) is 8.02. The van der Waals surface area contributed by atoms with Crippen LogP contribution in [-0.4, -0.2) is 54.1 Å². The average Bonchev–Trinajstić information content (AvgIpc) is 2.79. The highest BCUT2D eigenvalue weighted by Crippen LogP contribution is 2.25. The summed E-state index contributed by atoms with van der Waals surface area (Å²) in [4.78, 5) is 39.5. The molecule has 1 aromatic carbocycles. The SMILES string of the molecule is CCOC(=O)N1CCC(NNC(=O)c2ccccc2)(C(=O)NC2CCCCC2)CC1. The van der Waals surface area contributed by atoms with Crippen LogP contribution in [0, 0.1) is 0 Å². The molecule has 3 rings (SSSR count). The second kappa shape index (κ2) is 10.4. The number of carbonyl (C=O) groups is 3. The molecular formula is C22H32N4O4. The van der Waals surface area contributed by atoms with Crippen molar-refractivity contribution in [2.24, 2.45) is 0 Å². The summed E-state index contributed by atoms with van der Waals surface area (Å²) in [7, 11) is 0. The van der Waals surface area contributed by atoms with E-state index < -0.39 is 5.54 Å². The van der Waals surface area contributed by atoms with Crippen LogP contribution in [0.5, 0.6) is 0 Å². The summed E-state index contributed by atoms with van der Waals surface area (Å²) in [6.45, 7) is 2.84. The van der Waals surface area contributed by atoms with Crippen molar-refractivity contribution >= 4 is 17.9 Å².